The van der Waals surface area contributed by atoms with Crippen LogP contribution in [0, 0.1) is 0 Å². The predicted octanol–water partition coefficient (Wildman–Crippen LogP) is 0.304. The molecule has 3 heterocycles. The molecule has 112 valence electrons. The fourth-order valence-corrected chi connectivity index (χ4v) is 3.18. The third kappa shape index (κ3) is 3.41. The van der Waals surface area contributed by atoms with Gasteiger partial charge in [0.2, 0.25) is 0 Å². The molecular weight excluding hydrogens is 252 g/mol. The molecule has 1 aromatic heterocycles. The lowest BCUT2D eigenvalue weighted by Crippen LogP contribution is -2.49. The molecule has 2 saturated heterocycles. The maximum absolute atomic E-state index is 5.47. The standard InChI is InChI=1S/C15H26N4O/c1-17-5-2-14(12-17)15(19-6-3-16-4-7-19)13-18-8-10-20-11-9-18/h2,5,12,15-16H,3-4,6-11,13H2,1H3. The highest BCUT2D eigenvalue weighted by atomic mass is 16.5. The van der Waals surface area contributed by atoms with E-state index in [1.54, 1.807) is 0 Å². The van der Waals surface area contributed by atoms with Crippen LogP contribution in [0.2, 0.25) is 0 Å². The number of nitrogens with one attached hydrogen (secondary N) is 1. The van der Waals surface area contributed by atoms with Crippen molar-refractivity contribution in [3.05, 3.63) is 24.0 Å². The average Bonchev–Trinajstić information content (AvgIpc) is 2.93. The number of hydrogen-bond acceptors (Lipinski definition) is 4. The van der Waals surface area contributed by atoms with Gasteiger partial charge in [-0.2, -0.15) is 0 Å². The largest absolute Gasteiger partial charge is 0.379 e. The normalized spacial score (nSPS) is 23.9. The van der Waals surface area contributed by atoms with Gasteiger partial charge in [0.1, 0.15) is 0 Å². The zero-order valence-corrected chi connectivity index (χ0v) is 12.4. The Labute approximate surface area is 121 Å². The van der Waals surface area contributed by atoms with Gasteiger partial charge >= 0.3 is 0 Å². The summed E-state index contributed by atoms with van der Waals surface area (Å²) in [5.74, 6) is 0. The highest BCUT2D eigenvalue weighted by molar-refractivity contribution is 5.16. The van der Waals surface area contributed by atoms with E-state index in [2.05, 4.69) is 45.2 Å². The number of hydrogen-bond donors (Lipinski definition) is 1. The molecule has 20 heavy (non-hydrogen) atoms. The van der Waals surface area contributed by atoms with Crippen LogP contribution >= 0.6 is 0 Å². The van der Waals surface area contributed by atoms with E-state index in [9.17, 15) is 0 Å². The van der Waals surface area contributed by atoms with Crippen LogP contribution in [0.1, 0.15) is 11.6 Å². The number of ether oxygens (including phenoxy) is 1. The van der Waals surface area contributed by atoms with Crippen molar-refractivity contribution in [3.8, 4) is 0 Å². The van der Waals surface area contributed by atoms with Gasteiger partial charge < -0.3 is 14.6 Å². The Morgan fingerprint density at radius 1 is 1.20 bits per heavy atom. The Morgan fingerprint density at radius 2 is 1.95 bits per heavy atom. The number of aromatic nitrogens is 1. The zero-order valence-electron chi connectivity index (χ0n) is 12.4. The first kappa shape index (κ1) is 14.1. The molecule has 2 fully saturated rings. The van der Waals surface area contributed by atoms with Crippen LogP contribution in [0.3, 0.4) is 0 Å². The number of rotatable bonds is 4. The average molecular weight is 278 g/mol. The first-order valence-electron chi connectivity index (χ1n) is 7.70. The lowest BCUT2D eigenvalue weighted by atomic mass is 10.1. The van der Waals surface area contributed by atoms with Crippen molar-refractivity contribution in [3.63, 3.8) is 0 Å². The number of aryl methyl sites for hydroxylation is 1. The number of nitrogens with zero attached hydrogens (tertiary/aromatic N) is 3. The molecular formula is C15H26N4O. The zero-order chi connectivity index (χ0) is 13.8. The Morgan fingerprint density at radius 3 is 2.60 bits per heavy atom. The van der Waals surface area contributed by atoms with Gasteiger partial charge in [0.25, 0.3) is 0 Å². The Balaban J connectivity index is 1.71. The molecule has 0 aromatic carbocycles. The Kier molecular flexibility index (Phi) is 4.73. The van der Waals surface area contributed by atoms with Gasteiger partial charge in [-0.3, -0.25) is 9.80 Å². The van der Waals surface area contributed by atoms with Gasteiger partial charge in [-0.1, -0.05) is 0 Å². The molecule has 2 aliphatic rings. The van der Waals surface area contributed by atoms with Gasteiger partial charge in [0, 0.05) is 71.3 Å². The number of piperazine rings is 1. The van der Waals surface area contributed by atoms with E-state index in [0.29, 0.717) is 6.04 Å². The van der Waals surface area contributed by atoms with E-state index in [-0.39, 0.29) is 0 Å². The summed E-state index contributed by atoms with van der Waals surface area (Å²) in [7, 11) is 2.10. The smallest absolute Gasteiger partial charge is 0.0594 e. The molecule has 1 atom stereocenters. The Bertz CT molecular complexity index is 408. The van der Waals surface area contributed by atoms with Crippen LogP contribution < -0.4 is 5.32 Å². The molecule has 0 bridgehead atoms. The predicted molar refractivity (Wildman–Crippen MR) is 79.9 cm³/mol. The van der Waals surface area contributed by atoms with Crippen molar-refractivity contribution in [2.75, 3.05) is 59.0 Å². The summed E-state index contributed by atoms with van der Waals surface area (Å²) in [5.41, 5.74) is 1.45. The summed E-state index contributed by atoms with van der Waals surface area (Å²) >= 11 is 0. The molecule has 2 aliphatic heterocycles. The minimum Gasteiger partial charge on any atom is -0.379 e. The quantitative estimate of drug-likeness (QED) is 0.859. The fraction of sp³-hybridized carbons (Fsp3) is 0.733. The van der Waals surface area contributed by atoms with E-state index >= 15 is 0 Å². The van der Waals surface area contributed by atoms with Gasteiger partial charge in [-0.05, 0) is 11.6 Å². The van der Waals surface area contributed by atoms with Gasteiger partial charge in [0.05, 0.1) is 13.2 Å². The van der Waals surface area contributed by atoms with E-state index in [1.165, 1.54) is 5.56 Å². The second-order valence-electron chi connectivity index (χ2n) is 5.83. The third-order valence-electron chi connectivity index (χ3n) is 4.37. The topological polar surface area (TPSA) is 32.7 Å². The van der Waals surface area contributed by atoms with Crippen molar-refractivity contribution in [2.24, 2.45) is 7.05 Å². The van der Waals surface area contributed by atoms with E-state index in [4.69, 9.17) is 4.74 Å². The van der Waals surface area contributed by atoms with Crippen molar-refractivity contribution in [1.82, 2.24) is 19.7 Å². The first-order chi connectivity index (χ1) is 9.83. The molecule has 3 rings (SSSR count). The SMILES string of the molecule is Cn1ccc(C(CN2CCOCC2)N2CCNCC2)c1. The molecule has 1 aromatic rings. The van der Waals surface area contributed by atoms with Crippen LogP contribution in [0.4, 0.5) is 0 Å². The van der Waals surface area contributed by atoms with E-state index < -0.39 is 0 Å². The van der Waals surface area contributed by atoms with Crippen LogP contribution in [0.15, 0.2) is 18.5 Å². The van der Waals surface area contributed by atoms with E-state index in [1.807, 2.05) is 0 Å². The van der Waals surface area contributed by atoms with Crippen LogP contribution in [-0.2, 0) is 11.8 Å². The van der Waals surface area contributed by atoms with Crippen molar-refractivity contribution >= 4 is 0 Å². The van der Waals surface area contributed by atoms with Crippen LogP contribution in [0.5, 0.6) is 0 Å². The van der Waals surface area contributed by atoms with E-state index in [0.717, 1.165) is 59.0 Å². The summed E-state index contributed by atoms with van der Waals surface area (Å²) in [6.45, 7) is 9.50. The summed E-state index contributed by atoms with van der Waals surface area (Å²) in [5, 5.41) is 3.45. The van der Waals surface area contributed by atoms with Crippen molar-refractivity contribution in [1.29, 1.82) is 0 Å². The second-order valence-corrected chi connectivity index (χ2v) is 5.83. The molecule has 0 aliphatic carbocycles. The molecule has 0 radical (unpaired) electrons. The minimum atomic E-state index is 0.511. The maximum atomic E-state index is 5.47. The first-order valence-corrected chi connectivity index (χ1v) is 7.70. The number of morpholine rings is 1. The lowest BCUT2D eigenvalue weighted by molar-refractivity contribution is 0.0206. The molecule has 5 nitrogen and oxygen atoms in total. The lowest BCUT2D eigenvalue weighted by Gasteiger charge is -2.38. The highest BCUT2D eigenvalue weighted by Gasteiger charge is 2.25. The maximum Gasteiger partial charge on any atom is 0.0594 e. The highest BCUT2D eigenvalue weighted by Crippen LogP contribution is 2.23. The molecule has 0 amide bonds. The molecule has 1 unspecified atom stereocenters. The molecule has 0 spiro atoms. The third-order valence-corrected chi connectivity index (χ3v) is 4.37. The molecule has 5 heteroatoms. The summed E-state index contributed by atoms with van der Waals surface area (Å²) in [4.78, 5) is 5.17. The minimum absolute atomic E-state index is 0.511. The van der Waals surface area contributed by atoms with Crippen LogP contribution in [0.25, 0.3) is 0 Å². The summed E-state index contributed by atoms with van der Waals surface area (Å²) < 4.78 is 7.62. The molecule has 1 N–H and O–H groups in total. The van der Waals surface area contributed by atoms with Crippen molar-refractivity contribution < 1.29 is 4.74 Å². The second kappa shape index (κ2) is 6.72. The van der Waals surface area contributed by atoms with Gasteiger partial charge in [0.15, 0.2) is 0 Å². The summed E-state index contributed by atoms with van der Waals surface area (Å²) in [6, 6.07) is 2.78. The Hall–Kier alpha value is -0.880. The fourth-order valence-electron chi connectivity index (χ4n) is 3.18. The monoisotopic (exact) mass is 278 g/mol. The van der Waals surface area contributed by atoms with Crippen molar-refractivity contribution in [2.45, 2.75) is 6.04 Å². The summed E-state index contributed by atoms with van der Waals surface area (Å²) in [6.07, 6.45) is 4.43. The molecule has 0 saturated carbocycles. The van der Waals surface area contributed by atoms with Gasteiger partial charge in [-0.15, -0.1) is 0 Å². The van der Waals surface area contributed by atoms with Gasteiger partial charge in [-0.25, -0.2) is 0 Å². The van der Waals surface area contributed by atoms with Crippen LogP contribution in [-0.4, -0.2) is 73.4 Å².